The highest BCUT2D eigenvalue weighted by Gasteiger charge is 2.53. The summed E-state index contributed by atoms with van der Waals surface area (Å²) in [5, 5.41) is 4.17. The number of amides is 2. The number of hydrogen-bond acceptors (Lipinski definition) is 2. The van der Waals surface area contributed by atoms with E-state index in [9.17, 15) is 4.79 Å². The van der Waals surface area contributed by atoms with Gasteiger partial charge < -0.3 is 5.73 Å². The van der Waals surface area contributed by atoms with Gasteiger partial charge >= 0.3 is 6.03 Å². The highest BCUT2D eigenvalue weighted by Crippen LogP contribution is 2.63. The lowest BCUT2D eigenvalue weighted by molar-refractivity contribution is -0.00481. The Hall–Kier alpha value is -1.58. The van der Waals surface area contributed by atoms with Gasteiger partial charge in [0, 0.05) is 0 Å². The molecule has 0 heterocycles. The molecule has 148 valence electrons. The van der Waals surface area contributed by atoms with Crippen molar-refractivity contribution in [3.63, 3.8) is 0 Å². The molecule has 0 saturated heterocycles. The van der Waals surface area contributed by atoms with Crippen molar-refractivity contribution < 1.29 is 4.79 Å². The molecule has 3 N–H and O–H groups in total. The fourth-order valence-corrected chi connectivity index (χ4v) is 6.86. The van der Waals surface area contributed by atoms with Gasteiger partial charge in [0.15, 0.2) is 0 Å². The predicted molar refractivity (Wildman–Crippen MR) is 110 cm³/mol. The summed E-state index contributed by atoms with van der Waals surface area (Å²) >= 11 is 0. The van der Waals surface area contributed by atoms with Crippen LogP contribution in [0.1, 0.15) is 79.1 Å². The smallest absolute Gasteiger partial charge is 0.332 e. The summed E-state index contributed by atoms with van der Waals surface area (Å²) in [4.78, 5) is 10.9. The molecule has 4 aliphatic rings. The molecule has 0 radical (unpaired) electrons. The number of primary amides is 1. The number of nitrogens with two attached hydrogens (primary N) is 1. The molecule has 27 heavy (non-hydrogen) atoms. The number of nitrogens with one attached hydrogen (secondary N) is 1. The monoisotopic (exact) mass is 369 g/mol. The number of hydrazone groups is 1. The second-order valence-corrected chi connectivity index (χ2v) is 10.2. The number of carbonyl (C=O) groups is 1. The number of hydrogen-bond donors (Lipinski definition) is 2. The van der Waals surface area contributed by atoms with E-state index in [1.807, 2.05) is 18.1 Å². The minimum absolute atomic E-state index is 0.412. The first-order valence-corrected chi connectivity index (χ1v) is 10.7. The molecule has 0 bridgehead atoms. The second-order valence-electron chi connectivity index (χ2n) is 10.2. The minimum atomic E-state index is -0.595. The fraction of sp³-hybridized carbons (Fsp3) is 0.739. The maximum absolute atomic E-state index is 10.9. The number of rotatable bonds is 2. The van der Waals surface area contributed by atoms with Crippen LogP contribution in [-0.4, -0.2) is 11.7 Å². The molecule has 0 aromatic heterocycles. The number of carbonyl (C=O) groups excluding carboxylic acids is 1. The Kier molecular flexibility index (Phi) is 4.51. The Morgan fingerprint density at radius 3 is 2.74 bits per heavy atom. The van der Waals surface area contributed by atoms with Crippen molar-refractivity contribution >= 4 is 11.7 Å². The van der Waals surface area contributed by atoms with Gasteiger partial charge in [0.25, 0.3) is 0 Å². The maximum Gasteiger partial charge on any atom is 0.332 e. The first kappa shape index (κ1) is 18.8. The van der Waals surface area contributed by atoms with Crippen LogP contribution in [0.5, 0.6) is 0 Å². The van der Waals surface area contributed by atoms with Gasteiger partial charge in [0.2, 0.25) is 0 Å². The summed E-state index contributed by atoms with van der Waals surface area (Å²) in [6.07, 6.45) is 12.7. The predicted octanol–water partition coefficient (Wildman–Crippen LogP) is 5.31. The molecule has 0 aliphatic heterocycles. The van der Waals surface area contributed by atoms with Crippen LogP contribution in [-0.2, 0) is 0 Å². The van der Waals surface area contributed by atoms with Crippen molar-refractivity contribution in [2.24, 2.45) is 39.4 Å². The molecule has 0 unspecified atom stereocenters. The Labute approximate surface area is 163 Å². The van der Waals surface area contributed by atoms with Crippen molar-refractivity contribution in [1.82, 2.24) is 5.43 Å². The molecule has 1 fully saturated rings. The second kappa shape index (κ2) is 6.49. The van der Waals surface area contributed by atoms with Crippen molar-refractivity contribution in [2.75, 3.05) is 0 Å². The van der Waals surface area contributed by atoms with Crippen molar-refractivity contribution in [1.29, 1.82) is 0 Å². The van der Waals surface area contributed by atoms with E-state index in [4.69, 9.17) is 5.73 Å². The van der Waals surface area contributed by atoms with Crippen LogP contribution in [0, 0.1) is 28.6 Å². The lowest BCUT2D eigenvalue weighted by Gasteiger charge is -2.55. The summed E-state index contributed by atoms with van der Waals surface area (Å²) < 4.78 is 0. The first-order valence-electron chi connectivity index (χ1n) is 10.7. The summed E-state index contributed by atoms with van der Waals surface area (Å²) in [5.41, 5.74) is 14.3. The lowest BCUT2D eigenvalue weighted by atomic mass is 9.49. The molecule has 4 atom stereocenters. The van der Waals surface area contributed by atoms with Crippen LogP contribution in [0.25, 0.3) is 0 Å². The van der Waals surface area contributed by atoms with E-state index in [0.29, 0.717) is 10.8 Å². The van der Waals surface area contributed by atoms with Gasteiger partial charge in [-0.05, 0) is 92.4 Å². The van der Waals surface area contributed by atoms with Gasteiger partial charge in [-0.25, -0.2) is 10.2 Å². The summed E-state index contributed by atoms with van der Waals surface area (Å²) in [7, 11) is 0. The normalized spacial score (nSPS) is 37.9. The van der Waals surface area contributed by atoms with Crippen LogP contribution in [0.4, 0.5) is 4.79 Å². The summed E-state index contributed by atoms with van der Waals surface area (Å²) in [5.74, 6) is 2.40. The molecule has 2 amide bonds. The number of fused-ring (bicyclic) bond motifs is 4. The fourth-order valence-electron chi connectivity index (χ4n) is 6.86. The minimum Gasteiger partial charge on any atom is -0.350 e. The molecule has 4 heteroatoms. The molecule has 1 saturated carbocycles. The molecule has 4 nitrogen and oxygen atoms in total. The molecule has 4 aliphatic carbocycles. The number of urea groups is 1. The third-order valence-electron chi connectivity index (χ3n) is 8.52. The molecule has 0 aromatic carbocycles. The standard InChI is InChI=1S/C23H35N3O/c1-14(25-26-21(24)27)15-9-12-23(4)16(13-15)5-6-17-18-10-11-22(2,3)19(18)7-8-20(17)23/h9,16-17,20H,5-8,10-13H2,1-4H3,(H3,24,26,27)/t16-,17+,20+,23-/m0/s1. The zero-order chi connectivity index (χ0) is 19.4. The van der Waals surface area contributed by atoms with E-state index in [1.54, 1.807) is 0 Å². The van der Waals surface area contributed by atoms with Crippen LogP contribution >= 0.6 is 0 Å². The largest absolute Gasteiger partial charge is 0.350 e. The van der Waals surface area contributed by atoms with Crippen molar-refractivity contribution in [2.45, 2.75) is 79.1 Å². The van der Waals surface area contributed by atoms with Crippen LogP contribution in [0.2, 0.25) is 0 Å². The quantitative estimate of drug-likeness (QED) is 0.386. The molecule has 4 rings (SSSR count). The van der Waals surface area contributed by atoms with Gasteiger partial charge in [0.1, 0.15) is 0 Å². The number of nitrogens with zero attached hydrogens (tertiary/aromatic N) is 1. The van der Waals surface area contributed by atoms with Gasteiger partial charge in [-0.15, -0.1) is 0 Å². The van der Waals surface area contributed by atoms with Crippen LogP contribution in [0.3, 0.4) is 0 Å². The topological polar surface area (TPSA) is 67.5 Å². The third-order valence-corrected chi connectivity index (χ3v) is 8.52. The van der Waals surface area contributed by atoms with E-state index in [-0.39, 0.29) is 0 Å². The van der Waals surface area contributed by atoms with E-state index in [2.05, 4.69) is 37.4 Å². The SMILES string of the molecule is CC(=NNC(N)=O)C1=CC[C@@]2(C)[C@@H](CC[C@@H]3C4=C(CC[C@H]32)C(C)(C)CC4)C1. The average Bonchev–Trinajstić information content (AvgIpc) is 2.94. The van der Waals surface area contributed by atoms with Gasteiger partial charge in [0.05, 0.1) is 5.71 Å². The molecular formula is C23H35N3O. The first-order chi connectivity index (χ1) is 12.7. The highest BCUT2D eigenvalue weighted by molar-refractivity contribution is 5.98. The third kappa shape index (κ3) is 3.05. The van der Waals surface area contributed by atoms with Crippen LogP contribution < -0.4 is 11.2 Å². The van der Waals surface area contributed by atoms with E-state index >= 15 is 0 Å². The zero-order valence-corrected chi connectivity index (χ0v) is 17.4. The van der Waals surface area contributed by atoms with E-state index < -0.39 is 6.03 Å². The van der Waals surface area contributed by atoms with Gasteiger partial charge in [-0.1, -0.05) is 38.0 Å². The van der Waals surface area contributed by atoms with E-state index in [1.165, 1.54) is 44.1 Å². The van der Waals surface area contributed by atoms with Gasteiger partial charge in [-0.2, -0.15) is 5.10 Å². The Balaban J connectivity index is 1.57. The van der Waals surface area contributed by atoms with E-state index in [0.717, 1.165) is 36.3 Å². The number of allylic oxidation sites excluding steroid dienone is 4. The average molecular weight is 370 g/mol. The molecule has 0 aromatic rings. The van der Waals surface area contributed by atoms with Gasteiger partial charge in [-0.3, -0.25) is 0 Å². The Morgan fingerprint density at radius 2 is 2.00 bits per heavy atom. The Morgan fingerprint density at radius 1 is 1.22 bits per heavy atom. The molecular weight excluding hydrogens is 334 g/mol. The molecule has 0 spiro atoms. The van der Waals surface area contributed by atoms with Crippen LogP contribution in [0.15, 0.2) is 27.9 Å². The van der Waals surface area contributed by atoms with Crippen molar-refractivity contribution in [3.05, 3.63) is 22.8 Å². The Bertz CT molecular complexity index is 745. The zero-order valence-electron chi connectivity index (χ0n) is 17.4. The highest BCUT2D eigenvalue weighted by atomic mass is 16.2. The van der Waals surface area contributed by atoms with Crippen molar-refractivity contribution in [3.8, 4) is 0 Å². The summed E-state index contributed by atoms with van der Waals surface area (Å²) in [6, 6.07) is -0.595. The summed E-state index contributed by atoms with van der Waals surface area (Å²) in [6.45, 7) is 9.46. The lowest BCUT2D eigenvalue weighted by Crippen LogP contribution is -2.47. The maximum atomic E-state index is 10.9.